The zero-order valence-corrected chi connectivity index (χ0v) is 10.8. The molecule has 1 unspecified atom stereocenters. The number of hydrogen-bond acceptors (Lipinski definition) is 3. The number of carbonyl (C=O) groups excluding carboxylic acids is 1. The molecule has 2 aromatic rings. The van der Waals surface area contributed by atoms with Crippen molar-refractivity contribution in [1.82, 2.24) is 5.32 Å². The molecule has 4 N–H and O–H groups in total. The van der Waals surface area contributed by atoms with Gasteiger partial charge in [0, 0.05) is 10.9 Å². The quantitative estimate of drug-likeness (QED) is 0.346. The van der Waals surface area contributed by atoms with E-state index in [9.17, 15) is 9.18 Å². The number of amidine groups is 1. The van der Waals surface area contributed by atoms with Crippen molar-refractivity contribution in [2.24, 2.45) is 10.9 Å². The van der Waals surface area contributed by atoms with Gasteiger partial charge in [-0.3, -0.25) is 4.79 Å². The summed E-state index contributed by atoms with van der Waals surface area (Å²) in [6, 6.07) is 8.72. The van der Waals surface area contributed by atoms with E-state index in [0.717, 1.165) is 0 Å². The molecule has 6 heteroatoms. The number of carbonyl (C=O) groups is 1. The molecular weight excluding hydrogens is 261 g/mol. The maximum atomic E-state index is 13.7. The number of nitrogens with one attached hydrogen (secondary N) is 1. The second kappa shape index (κ2) is 5.56. The minimum atomic E-state index is -0.628. The highest BCUT2D eigenvalue weighted by Crippen LogP contribution is 2.21. The standard InChI is InChI=1S/C14H14FN3O2/c1-8(13(16)18-20)17-14(19)11-6-7-12(15)10-5-3-2-4-9(10)11/h2-8,20H,1H3,(H2,16,18)(H,17,19). The zero-order chi connectivity index (χ0) is 14.7. The van der Waals surface area contributed by atoms with Crippen LogP contribution in [0.1, 0.15) is 17.3 Å². The number of nitrogens with zero attached hydrogens (tertiary/aromatic N) is 1. The highest BCUT2D eigenvalue weighted by molar-refractivity contribution is 6.08. The Morgan fingerprint density at radius 1 is 1.30 bits per heavy atom. The van der Waals surface area contributed by atoms with E-state index >= 15 is 0 Å². The number of hydrogen-bond donors (Lipinski definition) is 3. The van der Waals surface area contributed by atoms with Crippen molar-refractivity contribution >= 4 is 22.5 Å². The van der Waals surface area contributed by atoms with Gasteiger partial charge in [0.1, 0.15) is 5.82 Å². The van der Waals surface area contributed by atoms with E-state index in [1.165, 1.54) is 12.1 Å². The molecular formula is C14H14FN3O2. The average Bonchev–Trinajstić information content (AvgIpc) is 2.46. The van der Waals surface area contributed by atoms with Gasteiger partial charge >= 0.3 is 0 Å². The fourth-order valence-electron chi connectivity index (χ4n) is 1.90. The predicted molar refractivity (Wildman–Crippen MR) is 74.2 cm³/mol. The molecule has 1 atom stereocenters. The van der Waals surface area contributed by atoms with Gasteiger partial charge in [-0.25, -0.2) is 4.39 Å². The molecule has 0 aliphatic carbocycles. The highest BCUT2D eigenvalue weighted by atomic mass is 19.1. The van der Waals surface area contributed by atoms with Gasteiger partial charge in [0.25, 0.3) is 5.91 Å². The first-order valence-corrected chi connectivity index (χ1v) is 6.00. The Hall–Kier alpha value is -2.63. The van der Waals surface area contributed by atoms with Crippen molar-refractivity contribution in [2.45, 2.75) is 13.0 Å². The fraction of sp³-hybridized carbons (Fsp3) is 0.143. The molecule has 5 nitrogen and oxygen atoms in total. The lowest BCUT2D eigenvalue weighted by molar-refractivity contribution is 0.0950. The van der Waals surface area contributed by atoms with E-state index in [1.54, 1.807) is 31.2 Å². The van der Waals surface area contributed by atoms with Gasteiger partial charge in [-0.15, -0.1) is 0 Å². The van der Waals surface area contributed by atoms with Crippen LogP contribution in [0.25, 0.3) is 10.8 Å². The van der Waals surface area contributed by atoms with Gasteiger partial charge in [0.15, 0.2) is 5.84 Å². The third kappa shape index (κ3) is 2.54. The summed E-state index contributed by atoms with van der Waals surface area (Å²) < 4.78 is 13.7. The van der Waals surface area contributed by atoms with Gasteiger partial charge in [-0.1, -0.05) is 29.4 Å². The van der Waals surface area contributed by atoms with Gasteiger partial charge in [-0.2, -0.15) is 0 Å². The molecule has 0 heterocycles. The minimum absolute atomic E-state index is 0.107. The second-order valence-corrected chi connectivity index (χ2v) is 4.36. The molecule has 2 rings (SSSR count). The lowest BCUT2D eigenvalue weighted by Gasteiger charge is -2.13. The van der Waals surface area contributed by atoms with Crippen molar-refractivity contribution in [3.8, 4) is 0 Å². The van der Waals surface area contributed by atoms with Crippen molar-refractivity contribution in [2.75, 3.05) is 0 Å². The van der Waals surface area contributed by atoms with Crippen molar-refractivity contribution in [1.29, 1.82) is 0 Å². The number of nitrogens with two attached hydrogens (primary N) is 1. The summed E-state index contributed by atoms with van der Waals surface area (Å²) in [6.45, 7) is 1.58. The Balaban J connectivity index is 2.39. The molecule has 0 aliphatic rings. The molecule has 2 aromatic carbocycles. The van der Waals surface area contributed by atoms with Gasteiger partial charge in [0.2, 0.25) is 0 Å². The summed E-state index contributed by atoms with van der Waals surface area (Å²) in [5.41, 5.74) is 5.74. The summed E-state index contributed by atoms with van der Waals surface area (Å²) in [5, 5.41) is 14.9. The topological polar surface area (TPSA) is 87.7 Å². The molecule has 20 heavy (non-hydrogen) atoms. The van der Waals surface area contributed by atoms with Crippen LogP contribution < -0.4 is 11.1 Å². The van der Waals surface area contributed by atoms with E-state index in [0.29, 0.717) is 16.3 Å². The third-order valence-corrected chi connectivity index (χ3v) is 3.02. The van der Waals surface area contributed by atoms with Crippen LogP contribution in [0.2, 0.25) is 0 Å². The number of amides is 1. The normalized spacial score (nSPS) is 13.2. The maximum Gasteiger partial charge on any atom is 0.252 e. The first-order valence-electron chi connectivity index (χ1n) is 6.00. The van der Waals surface area contributed by atoms with Gasteiger partial charge in [-0.05, 0) is 24.4 Å². The van der Waals surface area contributed by atoms with Crippen LogP contribution in [0.5, 0.6) is 0 Å². The second-order valence-electron chi connectivity index (χ2n) is 4.36. The van der Waals surface area contributed by atoms with Crippen LogP contribution in [-0.2, 0) is 0 Å². The zero-order valence-electron chi connectivity index (χ0n) is 10.8. The van der Waals surface area contributed by atoms with Crippen molar-refractivity contribution < 1.29 is 14.4 Å². The Kier molecular flexibility index (Phi) is 3.84. The summed E-state index contributed by atoms with van der Waals surface area (Å²) in [5.74, 6) is -0.910. The van der Waals surface area contributed by atoms with Crippen LogP contribution in [-0.4, -0.2) is 23.0 Å². The third-order valence-electron chi connectivity index (χ3n) is 3.02. The molecule has 0 saturated carbocycles. The SMILES string of the molecule is CC(NC(=O)c1ccc(F)c2ccccc12)/C(N)=N/O. The minimum Gasteiger partial charge on any atom is -0.409 e. The Labute approximate surface area is 114 Å². The Morgan fingerprint density at radius 3 is 2.60 bits per heavy atom. The molecule has 0 bridgehead atoms. The number of halogens is 1. The molecule has 0 aliphatic heterocycles. The monoisotopic (exact) mass is 275 g/mol. The molecule has 0 radical (unpaired) electrons. The van der Waals surface area contributed by atoms with Crippen LogP contribution in [0.4, 0.5) is 4.39 Å². The lowest BCUT2D eigenvalue weighted by Crippen LogP contribution is -2.42. The van der Waals surface area contributed by atoms with Crippen molar-refractivity contribution in [3.63, 3.8) is 0 Å². The average molecular weight is 275 g/mol. The van der Waals surface area contributed by atoms with Crippen LogP contribution in [0, 0.1) is 5.82 Å². The Morgan fingerprint density at radius 2 is 1.95 bits per heavy atom. The van der Waals surface area contributed by atoms with E-state index in [4.69, 9.17) is 10.9 Å². The van der Waals surface area contributed by atoms with Gasteiger partial charge in [0.05, 0.1) is 6.04 Å². The van der Waals surface area contributed by atoms with Gasteiger partial charge < -0.3 is 16.3 Å². The summed E-state index contributed by atoms with van der Waals surface area (Å²) >= 11 is 0. The van der Waals surface area contributed by atoms with Crippen LogP contribution in [0.15, 0.2) is 41.6 Å². The lowest BCUT2D eigenvalue weighted by atomic mass is 10.0. The number of fused-ring (bicyclic) bond motifs is 1. The molecule has 1 amide bonds. The largest absolute Gasteiger partial charge is 0.409 e. The van der Waals surface area contributed by atoms with E-state index in [2.05, 4.69) is 10.5 Å². The summed E-state index contributed by atoms with van der Waals surface area (Å²) in [4.78, 5) is 12.2. The molecule has 0 saturated heterocycles. The molecule has 104 valence electrons. The Bertz CT molecular complexity index is 685. The smallest absolute Gasteiger partial charge is 0.252 e. The van der Waals surface area contributed by atoms with Crippen molar-refractivity contribution in [3.05, 3.63) is 47.8 Å². The summed E-state index contributed by atoms with van der Waals surface area (Å²) in [6.07, 6.45) is 0. The highest BCUT2D eigenvalue weighted by Gasteiger charge is 2.16. The maximum absolute atomic E-state index is 13.7. The van der Waals surface area contributed by atoms with Crippen LogP contribution in [0.3, 0.4) is 0 Å². The summed E-state index contributed by atoms with van der Waals surface area (Å²) in [7, 11) is 0. The first kappa shape index (κ1) is 13.8. The number of oxime groups is 1. The van der Waals surface area contributed by atoms with E-state index in [-0.39, 0.29) is 11.7 Å². The molecule has 0 spiro atoms. The number of benzene rings is 2. The van der Waals surface area contributed by atoms with E-state index < -0.39 is 11.9 Å². The molecule has 0 fully saturated rings. The fourth-order valence-corrected chi connectivity index (χ4v) is 1.90. The number of rotatable bonds is 3. The first-order chi connectivity index (χ1) is 9.54. The molecule has 0 aromatic heterocycles. The predicted octanol–water partition coefficient (Wildman–Crippen LogP) is 1.84. The van der Waals surface area contributed by atoms with Crippen LogP contribution >= 0.6 is 0 Å². The van der Waals surface area contributed by atoms with E-state index in [1.807, 2.05) is 0 Å².